The third kappa shape index (κ3) is 4.54. The zero-order valence-electron chi connectivity index (χ0n) is 16.5. The van der Waals surface area contributed by atoms with Crippen LogP contribution in [0.5, 0.6) is 0 Å². The monoisotopic (exact) mass is 410 g/mol. The lowest BCUT2D eigenvalue weighted by Crippen LogP contribution is -2.20. The van der Waals surface area contributed by atoms with Crippen LogP contribution in [0.25, 0.3) is 11.3 Å². The Kier molecular flexibility index (Phi) is 5.74. The molecule has 5 nitrogen and oxygen atoms in total. The average molecular weight is 411 g/mol. The molecule has 0 bridgehead atoms. The van der Waals surface area contributed by atoms with E-state index in [1.54, 1.807) is 36.6 Å². The summed E-state index contributed by atoms with van der Waals surface area (Å²) in [5.41, 5.74) is 2.69. The quantitative estimate of drug-likeness (QED) is 0.599. The largest absolute Gasteiger partial charge is 0.464 e. The van der Waals surface area contributed by atoms with Gasteiger partial charge in [-0.15, -0.1) is 0 Å². The van der Waals surface area contributed by atoms with Crippen LogP contribution in [0.2, 0.25) is 0 Å². The second-order valence-corrected chi connectivity index (χ2v) is 9.20. The van der Waals surface area contributed by atoms with Crippen LogP contribution in [0.15, 0.2) is 76.2 Å². The molecular formula is C23H26N2O3S. The van der Waals surface area contributed by atoms with Crippen LogP contribution in [0, 0.1) is 0 Å². The highest BCUT2D eigenvalue weighted by atomic mass is 32.2. The number of hydrogen-bond acceptors (Lipinski definition) is 4. The first-order valence-corrected chi connectivity index (χ1v) is 11.5. The van der Waals surface area contributed by atoms with Crippen molar-refractivity contribution in [2.45, 2.75) is 30.6 Å². The van der Waals surface area contributed by atoms with Gasteiger partial charge in [-0.05, 0) is 85.9 Å². The van der Waals surface area contributed by atoms with E-state index in [9.17, 15) is 8.42 Å². The topological polar surface area (TPSA) is 62.6 Å². The van der Waals surface area contributed by atoms with Crippen molar-refractivity contribution in [3.63, 3.8) is 0 Å². The molecule has 3 aromatic rings. The van der Waals surface area contributed by atoms with E-state index >= 15 is 0 Å². The highest BCUT2D eigenvalue weighted by molar-refractivity contribution is 7.92. The molecule has 1 atom stereocenters. The van der Waals surface area contributed by atoms with E-state index in [0.29, 0.717) is 17.4 Å². The van der Waals surface area contributed by atoms with E-state index in [2.05, 4.69) is 16.5 Å². The molecule has 0 saturated carbocycles. The van der Waals surface area contributed by atoms with Crippen molar-refractivity contribution < 1.29 is 12.8 Å². The Bertz CT molecular complexity index is 1030. The Labute approximate surface area is 172 Å². The lowest BCUT2D eigenvalue weighted by atomic mass is 9.98. The van der Waals surface area contributed by atoms with Gasteiger partial charge in [0.05, 0.1) is 11.2 Å². The Balaban J connectivity index is 1.43. The molecule has 1 aliphatic rings. The molecule has 6 heteroatoms. The molecule has 1 unspecified atom stereocenters. The SMILES string of the molecule is CCCN1CCC(c2ccc(NS(=O)(=O)c3ccc(-c4ccco4)cc3)cc2)C1. The third-order valence-corrected chi connectivity index (χ3v) is 6.81. The molecule has 0 aliphatic carbocycles. The summed E-state index contributed by atoms with van der Waals surface area (Å²) in [5, 5.41) is 0. The summed E-state index contributed by atoms with van der Waals surface area (Å²) >= 11 is 0. The molecule has 1 aromatic heterocycles. The molecule has 2 aromatic carbocycles. The molecule has 4 rings (SSSR count). The van der Waals surface area contributed by atoms with Gasteiger partial charge in [0.15, 0.2) is 0 Å². The number of sulfonamides is 1. The maximum atomic E-state index is 12.7. The van der Waals surface area contributed by atoms with E-state index < -0.39 is 10.0 Å². The van der Waals surface area contributed by atoms with Gasteiger partial charge in [-0.1, -0.05) is 19.1 Å². The molecule has 1 saturated heterocycles. The van der Waals surface area contributed by atoms with Crippen LogP contribution < -0.4 is 4.72 Å². The summed E-state index contributed by atoms with van der Waals surface area (Å²) in [5.74, 6) is 1.24. The molecule has 0 radical (unpaired) electrons. The summed E-state index contributed by atoms with van der Waals surface area (Å²) in [4.78, 5) is 2.72. The first-order valence-electron chi connectivity index (χ1n) is 10.0. The molecule has 1 fully saturated rings. The maximum absolute atomic E-state index is 12.7. The van der Waals surface area contributed by atoms with Crippen molar-refractivity contribution >= 4 is 15.7 Å². The Morgan fingerprint density at radius 2 is 1.83 bits per heavy atom. The van der Waals surface area contributed by atoms with Crippen molar-refractivity contribution in [3.8, 4) is 11.3 Å². The van der Waals surface area contributed by atoms with Crippen molar-refractivity contribution in [1.82, 2.24) is 4.90 Å². The van der Waals surface area contributed by atoms with Gasteiger partial charge in [-0.3, -0.25) is 4.72 Å². The van der Waals surface area contributed by atoms with Crippen LogP contribution in [-0.4, -0.2) is 33.0 Å². The van der Waals surface area contributed by atoms with E-state index in [-0.39, 0.29) is 4.90 Å². The number of rotatable bonds is 7. The fourth-order valence-electron chi connectivity index (χ4n) is 3.90. The van der Waals surface area contributed by atoms with Crippen molar-refractivity contribution in [3.05, 3.63) is 72.5 Å². The van der Waals surface area contributed by atoms with Crippen LogP contribution >= 0.6 is 0 Å². The maximum Gasteiger partial charge on any atom is 0.261 e. The molecule has 1 aliphatic heterocycles. The molecule has 0 spiro atoms. The van der Waals surface area contributed by atoms with Gasteiger partial charge < -0.3 is 9.32 Å². The molecule has 2 heterocycles. The lowest BCUT2D eigenvalue weighted by Gasteiger charge is -2.15. The Morgan fingerprint density at radius 3 is 2.48 bits per heavy atom. The summed E-state index contributed by atoms with van der Waals surface area (Å²) in [6.45, 7) is 5.58. The van der Waals surface area contributed by atoms with Crippen LogP contribution in [-0.2, 0) is 10.0 Å². The van der Waals surface area contributed by atoms with Crippen molar-refractivity contribution in [2.24, 2.45) is 0 Å². The van der Waals surface area contributed by atoms with Gasteiger partial charge in [0.1, 0.15) is 5.76 Å². The predicted octanol–water partition coefficient (Wildman–Crippen LogP) is 4.95. The number of anilines is 1. The Hall–Kier alpha value is -2.57. The molecule has 0 amide bonds. The average Bonchev–Trinajstić information content (AvgIpc) is 3.41. The minimum absolute atomic E-state index is 0.225. The van der Waals surface area contributed by atoms with E-state index in [4.69, 9.17) is 4.42 Å². The zero-order chi connectivity index (χ0) is 20.3. The smallest absolute Gasteiger partial charge is 0.261 e. The molecule has 1 N–H and O–H groups in total. The highest BCUT2D eigenvalue weighted by Gasteiger charge is 2.23. The van der Waals surface area contributed by atoms with Gasteiger partial charge >= 0.3 is 0 Å². The summed E-state index contributed by atoms with van der Waals surface area (Å²) in [7, 11) is -3.64. The fourth-order valence-corrected chi connectivity index (χ4v) is 4.96. The predicted molar refractivity (Wildman–Crippen MR) is 115 cm³/mol. The summed E-state index contributed by atoms with van der Waals surface area (Å²) < 4.78 is 33.4. The number of hydrogen-bond donors (Lipinski definition) is 1. The second kappa shape index (κ2) is 8.43. The summed E-state index contributed by atoms with van der Waals surface area (Å²) in [6, 6.07) is 18.1. The van der Waals surface area contributed by atoms with E-state index in [0.717, 1.165) is 31.6 Å². The summed E-state index contributed by atoms with van der Waals surface area (Å²) in [6.07, 6.45) is 3.93. The zero-order valence-corrected chi connectivity index (χ0v) is 17.4. The fraction of sp³-hybridized carbons (Fsp3) is 0.304. The van der Waals surface area contributed by atoms with Crippen LogP contribution in [0.4, 0.5) is 5.69 Å². The molecule has 152 valence electrons. The number of nitrogens with one attached hydrogen (secondary N) is 1. The normalized spacial score (nSPS) is 17.5. The number of furan rings is 1. The lowest BCUT2D eigenvalue weighted by molar-refractivity contribution is 0.335. The first-order chi connectivity index (χ1) is 14.0. The van der Waals surface area contributed by atoms with Gasteiger partial charge in [-0.2, -0.15) is 0 Å². The van der Waals surface area contributed by atoms with Gasteiger partial charge in [-0.25, -0.2) is 8.42 Å². The number of nitrogens with zero attached hydrogens (tertiary/aromatic N) is 1. The van der Waals surface area contributed by atoms with Crippen molar-refractivity contribution in [2.75, 3.05) is 24.4 Å². The number of benzene rings is 2. The highest BCUT2D eigenvalue weighted by Crippen LogP contribution is 2.29. The first kappa shape index (κ1) is 19.7. The molecular weight excluding hydrogens is 384 g/mol. The van der Waals surface area contributed by atoms with Gasteiger partial charge in [0.2, 0.25) is 0 Å². The number of likely N-dealkylation sites (tertiary alicyclic amines) is 1. The van der Waals surface area contributed by atoms with E-state index in [1.807, 2.05) is 30.3 Å². The third-order valence-electron chi connectivity index (χ3n) is 5.42. The van der Waals surface area contributed by atoms with Gasteiger partial charge in [0, 0.05) is 17.8 Å². The minimum Gasteiger partial charge on any atom is -0.464 e. The van der Waals surface area contributed by atoms with Crippen LogP contribution in [0.3, 0.4) is 0 Å². The standard InChI is InChI=1S/C23H26N2O3S/c1-2-14-25-15-13-20(17-25)18-5-9-21(10-6-18)24-29(26,27)22-11-7-19(8-12-22)23-4-3-16-28-23/h3-12,16,20,24H,2,13-15,17H2,1H3. The second-order valence-electron chi connectivity index (χ2n) is 7.52. The van der Waals surface area contributed by atoms with E-state index in [1.165, 1.54) is 12.0 Å². The molecule has 29 heavy (non-hydrogen) atoms. The Morgan fingerprint density at radius 1 is 1.07 bits per heavy atom. The van der Waals surface area contributed by atoms with Gasteiger partial charge in [0.25, 0.3) is 10.0 Å². The minimum atomic E-state index is -3.64. The van der Waals surface area contributed by atoms with Crippen molar-refractivity contribution in [1.29, 1.82) is 0 Å². The van der Waals surface area contributed by atoms with Crippen LogP contribution in [0.1, 0.15) is 31.2 Å².